The molecule has 1 aromatic carbocycles. The van der Waals surface area contributed by atoms with E-state index in [1.807, 2.05) is 6.92 Å². The van der Waals surface area contributed by atoms with Gasteiger partial charge in [-0.3, -0.25) is 9.69 Å². The summed E-state index contributed by atoms with van der Waals surface area (Å²) in [6.45, 7) is 4.76. The second-order valence-corrected chi connectivity index (χ2v) is 6.71. The molecule has 1 aromatic rings. The van der Waals surface area contributed by atoms with Gasteiger partial charge in [0.2, 0.25) is 5.91 Å². The third-order valence-corrected chi connectivity index (χ3v) is 4.96. The molecule has 5 nitrogen and oxygen atoms in total. The number of carbonyl (C=O) groups excluding carboxylic acids is 1. The van der Waals surface area contributed by atoms with Crippen molar-refractivity contribution in [2.24, 2.45) is 5.92 Å². The maximum Gasteiger partial charge on any atom is 0.241 e. The van der Waals surface area contributed by atoms with E-state index in [9.17, 15) is 9.18 Å². The Morgan fingerprint density at radius 1 is 1.33 bits per heavy atom. The summed E-state index contributed by atoms with van der Waals surface area (Å²) < 4.78 is 24.9. The van der Waals surface area contributed by atoms with Crippen molar-refractivity contribution in [3.63, 3.8) is 0 Å². The number of carbonyl (C=O) groups is 1. The van der Waals surface area contributed by atoms with Crippen molar-refractivity contribution in [1.82, 2.24) is 4.90 Å². The van der Waals surface area contributed by atoms with Crippen molar-refractivity contribution in [2.75, 3.05) is 31.6 Å². The predicted octanol–water partition coefficient (Wildman–Crippen LogP) is 2.89. The molecule has 7 heteroatoms. The van der Waals surface area contributed by atoms with Crippen LogP contribution in [0, 0.1) is 11.7 Å². The van der Waals surface area contributed by atoms with Crippen LogP contribution in [0.5, 0.6) is 0 Å². The Kier molecular flexibility index (Phi) is 5.71. The first-order valence-corrected chi connectivity index (χ1v) is 8.65. The third kappa shape index (κ3) is 4.06. The van der Waals surface area contributed by atoms with E-state index >= 15 is 0 Å². The molecule has 0 aromatic heterocycles. The first-order chi connectivity index (χ1) is 11.5. The standard InChI is InChI=1S/C17H22ClFN2O3/c1-11(16(22)20-15-3-2-13(18)10-14(15)19)21-6-4-12(5-7-21)17-23-8-9-24-17/h2-3,10-12,17H,4-9H2,1H3,(H,20,22). The minimum absolute atomic E-state index is 0.0977. The molecule has 2 heterocycles. The topological polar surface area (TPSA) is 50.8 Å². The summed E-state index contributed by atoms with van der Waals surface area (Å²) in [5.74, 6) is -0.368. The van der Waals surface area contributed by atoms with Gasteiger partial charge in [-0.15, -0.1) is 0 Å². The molecule has 1 amide bonds. The number of amides is 1. The van der Waals surface area contributed by atoms with Crippen LogP contribution in [0.25, 0.3) is 0 Å². The van der Waals surface area contributed by atoms with Gasteiger partial charge >= 0.3 is 0 Å². The number of hydrogen-bond acceptors (Lipinski definition) is 4. The lowest BCUT2D eigenvalue weighted by Gasteiger charge is -2.36. The Balaban J connectivity index is 1.52. The van der Waals surface area contributed by atoms with E-state index in [1.165, 1.54) is 12.1 Å². The van der Waals surface area contributed by atoms with E-state index in [1.54, 1.807) is 6.07 Å². The van der Waals surface area contributed by atoms with Crippen molar-refractivity contribution in [2.45, 2.75) is 32.1 Å². The normalized spacial score (nSPS) is 21.8. The number of halogens is 2. The number of likely N-dealkylation sites (tertiary alicyclic amines) is 1. The number of ether oxygens (including phenoxy) is 2. The molecule has 0 radical (unpaired) electrons. The SMILES string of the molecule is CC(C(=O)Nc1ccc(Cl)cc1F)N1CCC(C2OCCO2)CC1. The Bertz CT molecular complexity index is 587. The lowest BCUT2D eigenvalue weighted by molar-refractivity contribution is -0.123. The van der Waals surface area contributed by atoms with Gasteiger partial charge in [0.1, 0.15) is 5.82 Å². The lowest BCUT2D eigenvalue weighted by atomic mass is 9.95. The van der Waals surface area contributed by atoms with Crippen LogP contribution in [0.15, 0.2) is 18.2 Å². The molecule has 1 unspecified atom stereocenters. The van der Waals surface area contributed by atoms with E-state index in [0.29, 0.717) is 24.2 Å². The van der Waals surface area contributed by atoms with Crippen LogP contribution >= 0.6 is 11.6 Å². The molecule has 1 N–H and O–H groups in total. The molecular weight excluding hydrogens is 335 g/mol. The van der Waals surface area contributed by atoms with Crippen molar-refractivity contribution in [3.05, 3.63) is 29.0 Å². The average Bonchev–Trinajstić information content (AvgIpc) is 3.11. The minimum atomic E-state index is -0.530. The van der Waals surface area contributed by atoms with Crippen LogP contribution in [-0.4, -0.2) is 49.4 Å². The molecule has 132 valence electrons. The van der Waals surface area contributed by atoms with Crippen molar-refractivity contribution in [1.29, 1.82) is 0 Å². The summed E-state index contributed by atoms with van der Waals surface area (Å²) >= 11 is 5.72. The van der Waals surface area contributed by atoms with Crippen LogP contribution < -0.4 is 5.32 Å². The molecule has 0 aliphatic carbocycles. The fourth-order valence-corrected chi connectivity index (χ4v) is 3.38. The molecule has 0 bridgehead atoms. The summed E-state index contributed by atoms with van der Waals surface area (Å²) in [4.78, 5) is 14.5. The van der Waals surface area contributed by atoms with Crippen molar-refractivity contribution < 1.29 is 18.7 Å². The Morgan fingerprint density at radius 2 is 2.00 bits per heavy atom. The van der Waals surface area contributed by atoms with E-state index in [0.717, 1.165) is 25.9 Å². The average molecular weight is 357 g/mol. The number of nitrogens with one attached hydrogen (secondary N) is 1. The molecule has 2 aliphatic rings. The summed E-state index contributed by atoms with van der Waals surface area (Å²) in [5.41, 5.74) is 0.152. The third-order valence-electron chi connectivity index (χ3n) is 4.72. The van der Waals surface area contributed by atoms with Gasteiger partial charge in [-0.2, -0.15) is 0 Å². The van der Waals surface area contributed by atoms with Crippen LogP contribution in [0.2, 0.25) is 5.02 Å². The van der Waals surface area contributed by atoms with Crippen LogP contribution in [0.3, 0.4) is 0 Å². The van der Waals surface area contributed by atoms with Gasteiger partial charge in [0, 0.05) is 10.9 Å². The van der Waals surface area contributed by atoms with Crippen LogP contribution in [0.1, 0.15) is 19.8 Å². The molecule has 24 heavy (non-hydrogen) atoms. The molecular formula is C17H22ClFN2O3. The van der Waals surface area contributed by atoms with Crippen LogP contribution in [0.4, 0.5) is 10.1 Å². The largest absolute Gasteiger partial charge is 0.350 e. The van der Waals surface area contributed by atoms with E-state index in [-0.39, 0.29) is 23.9 Å². The number of rotatable bonds is 4. The van der Waals surface area contributed by atoms with Crippen molar-refractivity contribution in [3.8, 4) is 0 Å². The highest BCUT2D eigenvalue weighted by molar-refractivity contribution is 6.30. The number of hydrogen-bond donors (Lipinski definition) is 1. The highest BCUT2D eigenvalue weighted by Gasteiger charge is 2.33. The molecule has 2 aliphatic heterocycles. The molecule has 2 fully saturated rings. The molecule has 1 atom stereocenters. The first-order valence-electron chi connectivity index (χ1n) is 8.28. The molecule has 0 saturated carbocycles. The summed E-state index contributed by atoms with van der Waals surface area (Å²) in [6.07, 6.45) is 1.76. The Hall–Kier alpha value is -1.21. The number of piperidine rings is 1. The lowest BCUT2D eigenvalue weighted by Crippen LogP contribution is -2.47. The zero-order chi connectivity index (χ0) is 17.1. The first kappa shape index (κ1) is 17.6. The quantitative estimate of drug-likeness (QED) is 0.901. The number of benzene rings is 1. The zero-order valence-electron chi connectivity index (χ0n) is 13.6. The molecule has 2 saturated heterocycles. The number of anilines is 1. The van der Waals surface area contributed by atoms with Gasteiger partial charge in [-0.1, -0.05) is 11.6 Å². The van der Waals surface area contributed by atoms with Crippen molar-refractivity contribution >= 4 is 23.2 Å². The Labute approximate surface area is 146 Å². The van der Waals surface area contributed by atoms with E-state index in [4.69, 9.17) is 21.1 Å². The van der Waals surface area contributed by atoms with Gasteiger partial charge in [0.05, 0.1) is 24.9 Å². The summed E-state index contributed by atoms with van der Waals surface area (Å²) in [7, 11) is 0. The number of nitrogens with zero attached hydrogens (tertiary/aromatic N) is 1. The second kappa shape index (κ2) is 7.78. The highest BCUT2D eigenvalue weighted by atomic mass is 35.5. The van der Waals surface area contributed by atoms with Gasteiger partial charge in [-0.25, -0.2) is 4.39 Å². The summed E-state index contributed by atoms with van der Waals surface area (Å²) in [6, 6.07) is 3.89. The zero-order valence-corrected chi connectivity index (χ0v) is 14.4. The predicted molar refractivity (Wildman–Crippen MR) is 89.5 cm³/mol. The van der Waals surface area contributed by atoms with Crippen LogP contribution in [-0.2, 0) is 14.3 Å². The fraction of sp³-hybridized carbons (Fsp3) is 0.588. The van der Waals surface area contributed by atoms with E-state index in [2.05, 4.69) is 10.2 Å². The Morgan fingerprint density at radius 3 is 2.62 bits per heavy atom. The summed E-state index contributed by atoms with van der Waals surface area (Å²) in [5, 5.41) is 2.94. The second-order valence-electron chi connectivity index (χ2n) is 6.27. The molecule has 0 spiro atoms. The van der Waals surface area contributed by atoms with Gasteiger partial charge < -0.3 is 14.8 Å². The van der Waals surface area contributed by atoms with Gasteiger partial charge in [0.25, 0.3) is 0 Å². The van der Waals surface area contributed by atoms with Gasteiger partial charge in [0.15, 0.2) is 6.29 Å². The smallest absolute Gasteiger partial charge is 0.241 e. The fourth-order valence-electron chi connectivity index (χ4n) is 3.22. The maximum absolute atomic E-state index is 13.8. The monoisotopic (exact) mass is 356 g/mol. The maximum atomic E-state index is 13.8. The highest BCUT2D eigenvalue weighted by Crippen LogP contribution is 2.27. The minimum Gasteiger partial charge on any atom is -0.350 e. The molecule has 3 rings (SSSR count). The van der Waals surface area contributed by atoms with Gasteiger partial charge in [-0.05, 0) is 51.1 Å². The van der Waals surface area contributed by atoms with E-state index < -0.39 is 5.82 Å².